The summed E-state index contributed by atoms with van der Waals surface area (Å²) in [6.07, 6.45) is 6.18. The molecule has 2 saturated heterocycles. The summed E-state index contributed by atoms with van der Waals surface area (Å²) in [7, 11) is 0. The molecule has 2 heterocycles. The molecule has 2 aliphatic heterocycles. The Bertz CT molecular complexity index is 456. The van der Waals surface area contributed by atoms with Crippen molar-refractivity contribution in [2.45, 2.75) is 51.1 Å². The first-order chi connectivity index (χ1) is 10.7. The van der Waals surface area contributed by atoms with Gasteiger partial charge in [0.1, 0.15) is 11.5 Å². The van der Waals surface area contributed by atoms with Crippen molar-refractivity contribution in [3.63, 3.8) is 0 Å². The van der Waals surface area contributed by atoms with Gasteiger partial charge < -0.3 is 18.9 Å². The topological polar surface area (TPSA) is 36.9 Å². The summed E-state index contributed by atoms with van der Waals surface area (Å²) < 4.78 is 25.5. The summed E-state index contributed by atoms with van der Waals surface area (Å²) in [5, 5.41) is 0. The van der Waals surface area contributed by atoms with Crippen molar-refractivity contribution in [2.24, 2.45) is 0 Å². The Labute approximate surface area is 158 Å². The second-order valence-corrected chi connectivity index (χ2v) is 7.87. The average molecular weight is 530 g/mol. The average Bonchev–Trinajstić information content (AvgIpc) is 2.54. The summed E-state index contributed by atoms with van der Waals surface area (Å²) in [6.45, 7) is 1.57. The molecule has 0 aromatic heterocycles. The molecule has 2 aliphatic rings. The van der Waals surface area contributed by atoms with E-state index in [1.807, 2.05) is 6.07 Å². The van der Waals surface area contributed by atoms with Crippen LogP contribution in [0.15, 0.2) is 12.1 Å². The van der Waals surface area contributed by atoms with E-state index < -0.39 is 0 Å². The minimum atomic E-state index is -0.138. The van der Waals surface area contributed by atoms with Crippen LogP contribution in [-0.4, -0.2) is 25.8 Å². The molecule has 6 heteroatoms. The van der Waals surface area contributed by atoms with E-state index in [1.54, 1.807) is 0 Å². The van der Waals surface area contributed by atoms with Crippen LogP contribution >= 0.6 is 45.2 Å². The molecule has 0 amide bonds. The first-order valence-electron chi connectivity index (χ1n) is 7.78. The number of hydrogen-bond acceptors (Lipinski definition) is 4. The second kappa shape index (κ2) is 8.34. The maximum Gasteiger partial charge on any atom is 0.199 e. The molecule has 0 aliphatic carbocycles. The van der Waals surface area contributed by atoms with Crippen molar-refractivity contribution in [1.82, 2.24) is 0 Å². The van der Waals surface area contributed by atoms with E-state index >= 15 is 0 Å². The van der Waals surface area contributed by atoms with Gasteiger partial charge in [0.15, 0.2) is 12.6 Å². The summed E-state index contributed by atoms with van der Waals surface area (Å²) in [4.78, 5) is 0. The van der Waals surface area contributed by atoms with E-state index in [1.165, 1.54) is 0 Å². The maximum absolute atomic E-state index is 6.02. The predicted molar refractivity (Wildman–Crippen MR) is 100 cm³/mol. The fourth-order valence-corrected chi connectivity index (χ4v) is 4.37. The lowest BCUT2D eigenvalue weighted by Gasteiger charge is -2.26. The molecule has 0 bridgehead atoms. The molecular formula is C16H20I2O4. The van der Waals surface area contributed by atoms with Crippen LogP contribution in [0.3, 0.4) is 0 Å². The zero-order valence-corrected chi connectivity index (χ0v) is 16.7. The van der Waals surface area contributed by atoms with E-state index in [2.05, 4.69) is 51.2 Å². The van der Waals surface area contributed by atoms with Crippen LogP contribution in [-0.2, 0) is 9.47 Å². The summed E-state index contributed by atoms with van der Waals surface area (Å²) in [5.41, 5.74) is 0. The van der Waals surface area contributed by atoms with Gasteiger partial charge in [0, 0.05) is 18.9 Å². The molecule has 0 saturated carbocycles. The summed E-state index contributed by atoms with van der Waals surface area (Å²) in [5.74, 6) is 1.66. The Morgan fingerprint density at radius 2 is 1.27 bits per heavy atom. The maximum atomic E-state index is 6.02. The van der Waals surface area contributed by atoms with Crippen molar-refractivity contribution in [1.29, 1.82) is 0 Å². The van der Waals surface area contributed by atoms with Gasteiger partial charge in [-0.3, -0.25) is 0 Å². The van der Waals surface area contributed by atoms with E-state index in [4.69, 9.17) is 18.9 Å². The largest absolute Gasteiger partial charge is 0.464 e. The van der Waals surface area contributed by atoms with Gasteiger partial charge in [-0.1, -0.05) is 0 Å². The highest BCUT2D eigenvalue weighted by molar-refractivity contribution is 14.1. The fraction of sp³-hybridized carbons (Fsp3) is 0.625. The molecule has 3 rings (SSSR count). The molecule has 0 N–H and O–H groups in total. The normalized spacial score (nSPS) is 25.7. The van der Waals surface area contributed by atoms with Gasteiger partial charge in [-0.05, 0) is 76.9 Å². The molecule has 0 spiro atoms. The molecule has 1 aromatic rings. The lowest BCUT2D eigenvalue weighted by molar-refractivity contribution is -0.109. The first-order valence-corrected chi connectivity index (χ1v) is 9.94. The number of halogens is 2. The number of rotatable bonds is 4. The molecule has 1 aromatic carbocycles. The molecule has 0 radical (unpaired) electrons. The standard InChI is InChI=1S/C16H20I2O4/c17-11-9-12(18)14(22-16-6-2-4-8-20-16)10-13(11)21-15-5-1-3-7-19-15/h9-10,15-16H,1-8H2. The van der Waals surface area contributed by atoms with E-state index in [9.17, 15) is 0 Å². The van der Waals surface area contributed by atoms with Gasteiger partial charge in [-0.15, -0.1) is 0 Å². The summed E-state index contributed by atoms with van der Waals surface area (Å²) in [6, 6.07) is 4.05. The zero-order chi connectivity index (χ0) is 15.4. The molecule has 2 unspecified atom stereocenters. The Kier molecular flexibility index (Phi) is 6.46. The third kappa shape index (κ3) is 4.61. The zero-order valence-electron chi connectivity index (χ0n) is 12.4. The molecular weight excluding hydrogens is 510 g/mol. The lowest BCUT2D eigenvalue weighted by Crippen LogP contribution is -2.26. The minimum absolute atomic E-state index is 0.138. The fourth-order valence-electron chi connectivity index (χ4n) is 2.58. The van der Waals surface area contributed by atoms with Crippen LogP contribution in [0, 0.1) is 7.14 Å². The lowest BCUT2D eigenvalue weighted by atomic mass is 10.2. The van der Waals surface area contributed by atoms with Crippen LogP contribution < -0.4 is 9.47 Å². The Morgan fingerprint density at radius 1 is 0.773 bits per heavy atom. The second-order valence-electron chi connectivity index (χ2n) is 5.54. The Balaban J connectivity index is 1.70. The van der Waals surface area contributed by atoms with Crippen LogP contribution in [0.5, 0.6) is 11.5 Å². The molecule has 22 heavy (non-hydrogen) atoms. The van der Waals surface area contributed by atoms with Crippen molar-refractivity contribution in [3.8, 4) is 11.5 Å². The quantitative estimate of drug-likeness (QED) is 0.529. The number of benzene rings is 1. The van der Waals surface area contributed by atoms with E-state index in [0.29, 0.717) is 0 Å². The minimum Gasteiger partial charge on any atom is -0.464 e. The van der Waals surface area contributed by atoms with Gasteiger partial charge in [0.25, 0.3) is 0 Å². The Hall–Kier alpha value is 0.200. The van der Waals surface area contributed by atoms with Crippen molar-refractivity contribution >= 4 is 45.2 Å². The predicted octanol–water partition coefficient (Wildman–Crippen LogP) is 4.71. The number of ether oxygens (including phenoxy) is 4. The highest BCUT2D eigenvalue weighted by atomic mass is 127. The van der Waals surface area contributed by atoms with Gasteiger partial charge in [0.2, 0.25) is 0 Å². The smallest absolute Gasteiger partial charge is 0.199 e. The van der Waals surface area contributed by atoms with Crippen LogP contribution in [0.2, 0.25) is 0 Å². The van der Waals surface area contributed by atoms with Gasteiger partial charge in [-0.2, -0.15) is 0 Å². The molecule has 122 valence electrons. The van der Waals surface area contributed by atoms with Crippen molar-refractivity contribution in [2.75, 3.05) is 13.2 Å². The highest BCUT2D eigenvalue weighted by Crippen LogP contribution is 2.34. The van der Waals surface area contributed by atoms with Crippen molar-refractivity contribution in [3.05, 3.63) is 19.3 Å². The Morgan fingerprint density at radius 3 is 1.68 bits per heavy atom. The van der Waals surface area contributed by atoms with E-state index in [0.717, 1.165) is 70.4 Å². The first kappa shape index (κ1) is 17.0. The molecule has 2 atom stereocenters. The van der Waals surface area contributed by atoms with E-state index in [-0.39, 0.29) is 12.6 Å². The third-order valence-electron chi connectivity index (χ3n) is 3.78. The van der Waals surface area contributed by atoms with Crippen LogP contribution in [0.1, 0.15) is 38.5 Å². The molecule has 2 fully saturated rings. The van der Waals surface area contributed by atoms with Crippen LogP contribution in [0.4, 0.5) is 0 Å². The summed E-state index contributed by atoms with van der Waals surface area (Å²) >= 11 is 4.59. The van der Waals surface area contributed by atoms with Gasteiger partial charge >= 0.3 is 0 Å². The highest BCUT2D eigenvalue weighted by Gasteiger charge is 2.20. The van der Waals surface area contributed by atoms with Gasteiger partial charge in [-0.25, -0.2) is 0 Å². The third-order valence-corrected chi connectivity index (χ3v) is 5.47. The van der Waals surface area contributed by atoms with Gasteiger partial charge in [0.05, 0.1) is 20.4 Å². The SMILES string of the molecule is Ic1cc(I)c(OC2CCCCO2)cc1OC1CCCCO1. The van der Waals surface area contributed by atoms with Crippen molar-refractivity contribution < 1.29 is 18.9 Å². The monoisotopic (exact) mass is 530 g/mol. The molecule has 4 nitrogen and oxygen atoms in total. The van der Waals surface area contributed by atoms with Crippen LogP contribution in [0.25, 0.3) is 0 Å². The number of hydrogen-bond donors (Lipinski definition) is 0.